The molecule has 0 aromatic heterocycles. The number of carbonyl (C=O) groups excluding carboxylic acids is 2. The Bertz CT molecular complexity index is 1250. The summed E-state index contributed by atoms with van der Waals surface area (Å²) in [5.74, 6) is -4.05. The number of hydrogen-bond acceptors (Lipinski definition) is 7. The van der Waals surface area contributed by atoms with Gasteiger partial charge in [0.1, 0.15) is 5.69 Å². The van der Waals surface area contributed by atoms with Crippen LogP contribution in [0.3, 0.4) is 0 Å². The largest absolute Gasteiger partial charge is 0.452 e. The van der Waals surface area contributed by atoms with Crippen LogP contribution in [0, 0.1) is 24.0 Å². The molecule has 0 saturated heterocycles. The number of nitrogens with one attached hydrogen (secondary N) is 2. The Morgan fingerprint density at radius 1 is 1.03 bits per heavy atom. The van der Waals surface area contributed by atoms with Crippen LogP contribution in [0.2, 0.25) is 0 Å². The van der Waals surface area contributed by atoms with Crippen molar-refractivity contribution in [3.05, 3.63) is 87.5 Å². The number of nitro groups is 1. The quantitative estimate of drug-likeness (QED) is 0.159. The molecule has 1 amide bonds. The number of nitrogens with zero attached hydrogens (tertiary/aromatic N) is 1. The van der Waals surface area contributed by atoms with E-state index in [1.54, 1.807) is 44.2 Å². The monoisotopic (exact) mass is 501 g/mol. The van der Waals surface area contributed by atoms with Crippen molar-refractivity contribution in [3.63, 3.8) is 0 Å². The molecule has 3 aromatic carbocycles. The number of rotatable bonds is 9. The number of carbonyl (C=O) groups is 2. The fourth-order valence-corrected chi connectivity index (χ4v) is 3.59. The number of alkyl halides is 2. The first-order valence-electron chi connectivity index (χ1n) is 10.3. The topological polar surface area (TPSA) is 111 Å². The summed E-state index contributed by atoms with van der Waals surface area (Å²) in [4.78, 5) is 36.0. The molecule has 0 spiro atoms. The van der Waals surface area contributed by atoms with E-state index in [1.165, 1.54) is 30.3 Å². The third-order valence-electron chi connectivity index (χ3n) is 4.92. The molecule has 182 valence electrons. The normalized spacial score (nSPS) is 10.7. The second-order valence-electron chi connectivity index (χ2n) is 7.41. The maximum atomic E-state index is 12.6. The first-order valence-corrected chi connectivity index (χ1v) is 11.2. The smallest absolute Gasteiger partial charge is 0.340 e. The molecule has 8 nitrogen and oxygen atoms in total. The van der Waals surface area contributed by atoms with Gasteiger partial charge in [-0.2, -0.15) is 8.78 Å². The van der Waals surface area contributed by atoms with Crippen LogP contribution >= 0.6 is 11.8 Å². The first-order chi connectivity index (χ1) is 16.6. The number of esters is 1. The number of nitro benzene ring substituents is 1. The first kappa shape index (κ1) is 25.6. The fourth-order valence-electron chi connectivity index (χ4n) is 3.09. The predicted octanol–water partition coefficient (Wildman–Crippen LogP) is 6.07. The van der Waals surface area contributed by atoms with Gasteiger partial charge in [-0.1, -0.05) is 23.9 Å². The number of anilines is 3. The molecule has 0 atom stereocenters. The van der Waals surface area contributed by atoms with E-state index in [9.17, 15) is 28.5 Å². The van der Waals surface area contributed by atoms with E-state index in [1.807, 2.05) is 0 Å². The van der Waals surface area contributed by atoms with E-state index < -0.39 is 29.2 Å². The molecule has 11 heteroatoms. The lowest BCUT2D eigenvalue weighted by Crippen LogP contribution is -2.22. The summed E-state index contributed by atoms with van der Waals surface area (Å²) in [5.41, 5.74) is 2.29. The summed E-state index contributed by atoms with van der Waals surface area (Å²) < 4.78 is 30.1. The van der Waals surface area contributed by atoms with Crippen LogP contribution in [-0.4, -0.2) is 29.2 Å². The summed E-state index contributed by atoms with van der Waals surface area (Å²) in [6.07, 6.45) is 0. The Morgan fingerprint density at radius 2 is 1.69 bits per heavy atom. The maximum absolute atomic E-state index is 12.6. The number of para-hydroxylation sites is 1. The van der Waals surface area contributed by atoms with Crippen LogP contribution in [0.4, 0.5) is 31.5 Å². The lowest BCUT2D eigenvalue weighted by atomic mass is 10.1. The Hall–Kier alpha value is -3.99. The Kier molecular flexibility index (Phi) is 8.37. The molecule has 0 unspecified atom stereocenters. The van der Waals surface area contributed by atoms with Crippen molar-refractivity contribution in [2.24, 2.45) is 0 Å². The van der Waals surface area contributed by atoms with Crippen molar-refractivity contribution in [3.8, 4) is 0 Å². The highest BCUT2D eigenvalue weighted by molar-refractivity contribution is 7.99. The van der Waals surface area contributed by atoms with Gasteiger partial charge in [0.15, 0.2) is 6.61 Å². The Labute approximate surface area is 203 Å². The van der Waals surface area contributed by atoms with Gasteiger partial charge < -0.3 is 15.4 Å². The summed E-state index contributed by atoms with van der Waals surface area (Å²) in [5, 5.41) is 16.7. The molecule has 3 aromatic rings. The highest BCUT2D eigenvalue weighted by Gasteiger charge is 2.19. The van der Waals surface area contributed by atoms with Crippen molar-refractivity contribution in [2.45, 2.75) is 24.5 Å². The zero-order valence-electron chi connectivity index (χ0n) is 18.7. The van der Waals surface area contributed by atoms with Gasteiger partial charge in [-0.15, -0.1) is 0 Å². The third-order valence-corrected chi connectivity index (χ3v) is 5.65. The zero-order valence-corrected chi connectivity index (χ0v) is 19.5. The minimum absolute atomic E-state index is 0.00895. The van der Waals surface area contributed by atoms with Crippen LogP contribution in [0.15, 0.2) is 65.6 Å². The molecule has 35 heavy (non-hydrogen) atoms. The average Bonchev–Trinajstić information content (AvgIpc) is 2.81. The molecule has 0 aliphatic rings. The maximum Gasteiger partial charge on any atom is 0.340 e. The van der Waals surface area contributed by atoms with Gasteiger partial charge in [0.05, 0.1) is 16.2 Å². The van der Waals surface area contributed by atoms with E-state index in [2.05, 4.69) is 10.6 Å². The fraction of sp³-hybridized carbons (Fsp3) is 0.167. The Morgan fingerprint density at radius 3 is 2.34 bits per heavy atom. The molecule has 0 bridgehead atoms. The summed E-state index contributed by atoms with van der Waals surface area (Å²) in [6.45, 7) is 2.82. The van der Waals surface area contributed by atoms with Crippen molar-refractivity contribution >= 4 is 46.4 Å². The number of amides is 1. The SMILES string of the molecule is Cc1cc(NC(=O)COC(=O)c2ccccc2Nc2ccc(SC(F)F)cc2)c([N+](=O)[O-])cc1C. The van der Waals surface area contributed by atoms with Gasteiger partial charge in [-0.05, 0) is 67.4 Å². The standard InChI is InChI=1S/C24H21F2N3O5S/c1-14-11-20(21(29(32)33)12-15(14)2)28-22(30)13-34-23(31)18-5-3-4-6-19(18)27-16-7-9-17(10-8-16)35-24(25)26/h3-12,24,27H,13H2,1-2H3,(H,28,30). The summed E-state index contributed by atoms with van der Waals surface area (Å²) >= 11 is 0.425. The van der Waals surface area contributed by atoms with Gasteiger partial charge >= 0.3 is 5.97 Å². The van der Waals surface area contributed by atoms with E-state index in [4.69, 9.17) is 4.74 Å². The van der Waals surface area contributed by atoms with E-state index in [-0.39, 0.29) is 16.9 Å². The number of halogens is 2. The van der Waals surface area contributed by atoms with Gasteiger partial charge in [0.2, 0.25) is 0 Å². The average molecular weight is 502 g/mol. The Balaban J connectivity index is 1.66. The van der Waals surface area contributed by atoms with Crippen molar-refractivity contribution < 1.29 is 28.0 Å². The minimum atomic E-state index is -2.53. The van der Waals surface area contributed by atoms with Gasteiger partial charge in [0.25, 0.3) is 17.4 Å². The van der Waals surface area contributed by atoms with Crippen LogP contribution in [0.1, 0.15) is 21.5 Å². The highest BCUT2D eigenvalue weighted by atomic mass is 32.2. The molecule has 0 saturated carbocycles. The van der Waals surface area contributed by atoms with Gasteiger partial charge in [-0.3, -0.25) is 14.9 Å². The van der Waals surface area contributed by atoms with E-state index >= 15 is 0 Å². The number of thioether (sulfide) groups is 1. The summed E-state index contributed by atoms with van der Waals surface area (Å²) in [6, 6.07) is 15.5. The number of hydrogen-bond donors (Lipinski definition) is 2. The lowest BCUT2D eigenvalue weighted by molar-refractivity contribution is -0.384. The van der Waals surface area contributed by atoms with Gasteiger partial charge in [0, 0.05) is 16.6 Å². The van der Waals surface area contributed by atoms with Crippen molar-refractivity contribution in [1.29, 1.82) is 0 Å². The lowest BCUT2D eigenvalue weighted by Gasteiger charge is -2.13. The molecule has 0 aliphatic carbocycles. The van der Waals surface area contributed by atoms with Crippen LogP contribution in [0.25, 0.3) is 0 Å². The molecular formula is C24H21F2N3O5S. The predicted molar refractivity (Wildman–Crippen MR) is 130 cm³/mol. The molecule has 0 aliphatic heterocycles. The zero-order chi connectivity index (χ0) is 25.5. The molecular weight excluding hydrogens is 480 g/mol. The van der Waals surface area contributed by atoms with Gasteiger partial charge in [-0.25, -0.2) is 4.79 Å². The molecule has 0 heterocycles. The number of benzene rings is 3. The van der Waals surface area contributed by atoms with E-state index in [0.29, 0.717) is 33.6 Å². The van der Waals surface area contributed by atoms with Crippen LogP contribution in [-0.2, 0) is 9.53 Å². The molecule has 3 rings (SSSR count). The van der Waals surface area contributed by atoms with Crippen molar-refractivity contribution in [2.75, 3.05) is 17.2 Å². The number of aryl methyl sites for hydroxylation is 2. The molecule has 0 radical (unpaired) electrons. The van der Waals surface area contributed by atoms with E-state index in [0.717, 1.165) is 5.56 Å². The number of ether oxygens (including phenoxy) is 1. The van der Waals surface area contributed by atoms with Crippen LogP contribution < -0.4 is 10.6 Å². The highest BCUT2D eigenvalue weighted by Crippen LogP contribution is 2.29. The summed E-state index contributed by atoms with van der Waals surface area (Å²) in [7, 11) is 0. The molecule has 2 N–H and O–H groups in total. The van der Waals surface area contributed by atoms with Crippen LogP contribution in [0.5, 0.6) is 0 Å². The third kappa shape index (κ3) is 7.00. The molecule has 0 fully saturated rings. The second kappa shape index (κ2) is 11.4. The minimum Gasteiger partial charge on any atom is -0.452 e. The second-order valence-corrected chi connectivity index (χ2v) is 8.47. The van der Waals surface area contributed by atoms with Crippen molar-refractivity contribution in [1.82, 2.24) is 0 Å².